The average molecular weight is 208 g/mol. The van der Waals surface area contributed by atoms with Gasteiger partial charge in [0.2, 0.25) is 0 Å². The van der Waals surface area contributed by atoms with Crippen molar-refractivity contribution in [1.29, 1.82) is 0 Å². The Hall–Kier alpha value is -1.42. The van der Waals surface area contributed by atoms with Crippen molar-refractivity contribution in [2.75, 3.05) is 6.54 Å². The summed E-state index contributed by atoms with van der Waals surface area (Å²) in [5, 5.41) is 10.8. The van der Waals surface area contributed by atoms with Gasteiger partial charge < -0.3 is 5.73 Å². The first-order valence-corrected chi connectivity index (χ1v) is 5.01. The molecule has 0 bridgehead atoms. The first-order chi connectivity index (χ1) is 7.07. The molecule has 0 aromatic heterocycles. The fourth-order valence-corrected chi connectivity index (χ4v) is 1.63. The van der Waals surface area contributed by atoms with E-state index in [-0.39, 0.29) is 10.6 Å². The number of hydrogen-bond acceptors (Lipinski definition) is 3. The third-order valence-corrected chi connectivity index (χ3v) is 2.67. The molecule has 0 aliphatic carbocycles. The highest BCUT2D eigenvalue weighted by atomic mass is 16.6. The molecule has 1 rings (SSSR count). The van der Waals surface area contributed by atoms with Crippen molar-refractivity contribution in [3.8, 4) is 0 Å². The van der Waals surface area contributed by atoms with Gasteiger partial charge in [-0.25, -0.2) is 0 Å². The summed E-state index contributed by atoms with van der Waals surface area (Å²) >= 11 is 0. The van der Waals surface area contributed by atoms with Crippen LogP contribution in [0.5, 0.6) is 0 Å². The minimum absolute atomic E-state index is 0.214. The maximum Gasteiger partial charge on any atom is 0.272 e. The van der Waals surface area contributed by atoms with E-state index in [0.29, 0.717) is 13.0 Å². The molecule has 4 nitrogen and oxygen atoms in total. The first-order valence-electron chi connectivity index (χ1n) is 5.01. The Kier molecular flexibility index (Phi) is 3.80. The highest BCUT2D eigenvalue weighted by Crippen LogP contribution is 2.25. The summed E-state index contributed by atoms with van der Waals surface area (Å²) < 4.78 is 0. The summed E-state index contributed by atoms with van der Waals surface area (Å²) in [5.74, 6) is 0. The molecular weight excluding hydrogens is 192 g/mol. The van der Waals surface area contributed by atoms with Gasteiger partial charge in [-0.2, -0.15) is 0 Å². The summed E-state index contributed by atoms with van der Waals surface area (Å²) in [6.07, 6.45) is 1.46. The van der Waals surface area contributed by atoms with Crippen molar-refractivity contribution in [3.05, 3.63) is 38.9 Å². The number of hydrogen-bond donors (Lipinski definition) is 1. The molecule has 0 atom stereocenters. The van der Waals surface area contributed by atoms with Gasteiger partial charge in [0.1, 0.15) is 0 Å². The lowest BCUT2D eigenvalue weighted by atomic mass is 9.98. The van der Waals surface area contributed by atoms with E-state index in [1.54, 1.807) is 12.1 Å². The van der Waals surface area contributed by atoms with Crippen LogP contribution in [0, 0.1) is 24.0 Å². The second kappa shape index (κ2) is 4.89. The third-order valence-electron chi connectivity index (χ3n) is 2.67. The number of nitro benzene ring substituents is 1. The van der Waals surface area contributed by atoms with Crippen LogP contribution in [-0.4, -0.2) is 11.5 Å². The standard InChI is InChI=1S/C11H16N2O2/c1-8-5-6-11(13(14)15)10(9(8)2)4-3-7-12/h5-6H,3-4,7,12H2,1-2H3. The fourth-order valence-electron chi connectivity index (χ4n) is 1.63. The summed E-state index contributed by atoms with van der Waals surface area (Å²) in [6, 6.07) is 3.37. The van der Waals surface area contributed by atoms with Crippen LogP contribution in [0.25, 0.3) is 0 Å². The van der Waals surface area contributed by atoms with Gasteiger partial charge in [-0.3, -0.25) is 10.1 Å². The quantitative estimate of drug-likeness (QED) is 0.608. The van der Waals surface area contributed by atoms with Crippen LogP contribution in [0.15, 0.2) is 12.1 Å². The van der Waals surface area contributed by atoms with Crippen molar-refractivity contribution < 1.29 is 4.92 Å². The second-order valence-electron chi connectivity index (χ2n) is 3.65. The SMILES string of the molecule is Cc1ccc([N+](=O)[O-])c(CCCN)c1C. The Bertz CT molecular complexity index is 375. The van der Waals surface area contributed by atoms with Crippen molar-refractivity contribution in [2.45, 2.75) is 26.7 Å². The van der Waals surface area contributed by atoms with Crippen LogP contribution in [-0.2, 0) is 6.42 Å². The van der Waals surface area contributed by atoms with Gasteiger partial charge in [-0.15, -0.1) is 0 Å². The topological polar surface area (TPSA) is 69.2 Å². The van der Waals surface area contributed by atoms with Gasteiger partial charge in [0.25, 0.3) is 5.69 Å². The molecule has 82 valence electrons. The van der Waals surface area contributed by atoms with Crippen molar-refractivity contribution in [3.63, 3.8) is 0 Å². The van der Waals surface area contributed by atoms with E-state index in [1.807, 2.05) is 13.8 Å². The normalized spacial score (nSPS) is 10.3. The predicted molar refractivity (Wildman–Crippen MR) is 59.9 cm³/mol. The minimum atomic E-state index is -0.321. The lowest BCUT2D eigenvalue weighted by Gasteiger charge is -2.08. The molecule has 0 spiro atoms. The highest BCUT2D eigenvalue weighted by molar-refractivity contribution is 5.48. The number of rotatable bonds is 4. The fraction of sp³-hybridized carbons (Fsp3) is 0.455. The van der Waals surface area contributed by atoms with Gasteiger partial charge >= 0.3 is 0 Å². The molecule has 1 aromatic rings. The van der Waals surface area contributed by atoms with Gasteiger partial charge in [0.15, 0.2) is 0 Å². The molecule has 1 aromatic carbocycles. The van der Waals surface area contributed by atoms with E-state index in [2.05, 4.69) is 0 Å². The molecule has 0 amide bonds. The van der Waals surface area contributed by atoms with Gasteiger partial charge in [0, 0.05) is 11.6 Å². The van der Waals surface area contributed by atoms with Crippen LogP contribution in [0.3, 0.4) is 0 Å². The molecule has 2 N–H and O–H groups in total. The Morgan fingerprint density at radius 3 is 2.60 bits per heavy atom. The lowest BCUT2D eigenvalue weighted by Crippen LogP contribution is -2.05. The second-order valence-corrected chi connectivity index (χ2v) is 3.65. The predicted octanol–water partition coefficient (Wildman–Crippen LogP) is 2.10. The Balaban J connectivity index is 3.16. The first kappa shape index (κ1) is 11.7. The zero-order valence-electron chi connectivity index (χ0n) is 9.12. The molecule has 4 heteroatoms. The van der Waals surface area contributed by atoms with Crippen LogP contribution >= 0.6 is 0 Å². The van der Waals surface area contributed by atoms with E-state index >= 15 is 0 Å². The van der Waals surface area contributed by atoms with Gasteiger partial charge in [0.05, 0.1) is 4.92 Å². The van der Waals surface area contributed by atoms with E-state index in [0.717, 1.165) is 23.1 Å². The average Bonchev–Trinajstić information content (AvgIpc) is 2.19. The van der Waals surface area contributed by atoms with Crippen LogP contribution in [0.4, 0.5) is 5.69 Å². The van der Waals surface area contributed by atoms with E-state index in [1.165, 1.54) is 0 Å². The molecule has 0 aliphatic heterocycles. The smallest absolute Gasteiger partial charge is 0.272 e. The summed E-state index contributed by atoms with van der Waals surface area (Å²) in [6.45, 7) is 4.45. The number of nitrogens with two attached hydrogens (primary N) is 1. The molecular formula is C11H16N2O2. The molecule has 0 saturated carbocycles. The van der Waals surface area contributed by atoms with E-state index in [4.69, 9.17) is 5.73 Å². The maximum absolute atomic E-state index is 10.8. The number of nitrogens with zero attached hydrogens (tertiary/aromatic N) is 1. The van der Waals surface area contributed by atoms with E-state index < -0.39 is 0 Å². The lowest BCUT2D eigenvalue weighted by molar-refractivity contribution is -0.385. The van der Waals surface area contributed by atoms with Crippen LogP contribution in [0.2, 0.25) is 0 Å². The Morgan fingerprint density at radius 1 is 1.40 bits per heavy atom. The van der Waals surface area contributed by atoms with E-state index in [9.17, 15) is 10.1 Å². The zero-order valence-corrected chi connectivity index (χ0v) is 9.12. The number of nitro groups is 1. The van der Waals surface area contributed by atoms with Crippen molar-refractivity contribution in [1.82, 2.24) is 0 Å². The molecule has 0 unspecified atom stereocenters. The Labute approximate surface area is 89.2 Å². The Morgan fingerprint density at radius 2 is 2.07 bits per heavy atom. The maximum atomic E-state index is 10.8. The largest absolute Gasteiger partial charge is 0.330 e. The monoisotopic (exact) mass is 208 g/mol. The van der Waals surface area contributed by atoms with Crippen LogP contribution in [0.1, 0.15) is 23.1 Å². The van der Waals surface area contributed by atoms with Gasteiger partial charge in [-0.05, 0) is 44.4 Å². The van der Waals surface area contributed by atoms with Gasteiger partial charge in [-0.1, -0.05) is 6.07 Å². The number of benzene rings is 1. The highest BCUT2D eigenvalue weighted by Gasteiger charge is 2.16. The molecule has 0 saturated heterocycles. The molecule has 0 aliphatic rings. The summed E-state index contributed by atoms with van der Waals surface area (Å²) in [4.78, 5) is 10.5. The summed E-state index contributed by atoms with van der Waals surface area (Å²) in [7, 11) is 0. The van der Waals surface area contributed by atoms with Crippen LogP contribution < -0.4 is 5.73 Å². The minimum Gasteiger partial charge on any atom is -0.330 e. The summed E-state index contributed by atoms with van der Waals surface area (Å²) in [5.41, 5.74) is 8.56. The van der Waals surface area contributed by atoms with Crippen molar-refractivity contribution >= 4 is 5.69 Å². The third kappa shape index (κ3) is 2.53. The molecule has 15 heavy (non-hydrogen) atoms. The van der Waals surface area contributed by atoms with Crippen molar-refractivity contribution in [2.24, 2.45) is 5.73 Å². The zero-order chi connectivity index (χ0) is 11.4. The molecule has 0 fully saturated rings. The number of aryl methyl sites for hydroxylation is 1. The molecule has 0 heterocycles. The molecule has 0 radical (unpaired) electrons.